The molecule has 0 aliphatic heterocycles. The highest BCUT2D eigenvalue weighted by atomic mass is 32.2. The first kappa shape index (κ1) is 15.1. The Morgan fingerprint density at radius 3 is 2.60 bits per heavy atom. The molecule has 3 N–H and O–H groups in total. The minimum Gasteiger partial charge on any atom is -0.484 e. The molecule has 0 radical (unpaired) electrons. The zero-order valence-electron chi connectivity index (χ0n) is 11.3. The minimum atomic E-state index is -0.0938. The number of carbonyl (C=O) groups is 1. The highest BCUT2D eigenvalue weighted by Gasteiger charge is 2.41. The number of rotatable bonds is 7. The van der Waals surface area contributed by atoms with Crippen molar-refractivity contribution < 1.29 is 9.53 Å². The van der Waals surface area contributed by atoms with Crippen molar-refractivity contribution in [2.45, 2.75) is 17.6 Å². The predicted molar refractivity (Wildman–Crippen MR) is 86.3 cm³/mol. The molecule has 4 nitrogen and oxygen atoms in total. The van der Waals surface area contributed by atoms with Crippen molar-refractivity contribution in [1.82, 2.24) is 5.32 Å². The lowest BCUT2D eigenvalue weighted by atomic mass is 10.2. The summed E-state index contributed by atoms with van der Waals surface area (Å²) in [5.74, 6) is 0.537. The highest BCUT2D eigenvalue weighted by Crippen LogP contribution is 2.46. The average Bonchev–Trinajstić information content (AvgIpc) is 3.24. The smallest absolute Gasteiger partial charge is 0.257 e. The maximum absolute atomic E-state index is 11.7. The zero-order valence-corrected chi connectivity index (χ0v) is 13.0. The van der Waals surface area contributed by atoms with E-state index in [9.17, 15) is 4.79 Å². The van der Waals surface area contributed by atoms with Crippen LogP contribution in [0.5, 0.6) is 5.75 Å². The Morgan fingerprint density at radius 1 is 1.45 bits per heavy atom. The molecule has 20 heavy (non-hydrogen) atoms. The highest BCUT2D eigenvalue weighted by molar-refractivity contribution is 8.00. The van der Waals surface area contributed by atoms with E-state index in [4.69, 9.17) is 22.7 Å². The van der Waals surface area contributed by atoms with Gasteiger partial charge in [0.15, 0.2) is 6.61 Å². The quantitative estimate of drug-likeness (QED) is 0.751. The van der Waals surface area contributed by atoms with Gasteiger partial charge in [-0.15, -0.1) is 0 Å². The topological polar surface area (TPSA) is 64.3 Å². The van der Waals surface area contributed by atoms with Gasteiger partial charge in [-0.3, -0.25) is 4.79 Å². The van der Waals surface area contributed by atoms with Gasteiger partial charge in [-0.2, -0.15) is 11.8 Å². The van der Waals surface area contributed by atoms with Gasteiger partial charge in [-0.25, -0.2) is 0 Å². The van der Waals surface area contributed by atoms with Gasteiger partial charge in [0.2, 0.25) is 0 Å². The van der Waals surface area contributed by atoms with E-state index < -0.39 is 0 Å². The molecule has 1 aliphatic rings. The number of benzene rings is 1. The number of hydrogen-bond donors (Lipinski definition) is 2. The van der Waals surface area contributed by atoms with Crippen LogP contribution in [0, 0.1) is 0 Å². The standard InChI is InChI=1S/C14H18N2O2S2/c1-20-14(6-7-14)9-16-12(17)8-18-11-4-2-10(3-5-11)13(15)19/h2-5H,6-9H2,1H3,(H2,15,19)(H,16,17). The van der Waals surface area contributed by atoms with Crippen molar-refractivity contribution in [1.29, 1.82) is 0 Å². The van der Waals surface area contributed by atoms with E-state index in [-0.39, 0.29) is 17.3 Å². The van der Waals surface area contributed by atoms with Crippen LogP contribution >= 0.6 is 24.0 Å². The molecule has 0 unspecified atom stereocenters. The molecule has 1 amide bonds. The van der Waals surface area contributed by atoms with Gasteiger partial charge in [0.1, 0.15) is 10.7 Å². The second-order valence-corrected chi connectivity index (χ2v) is 6.56. The molecule has 0 atom stereocenters. The first-order chi connectivity index (χ1) is 9.54. The second kappa shape index (κ2) is 6.45. The van der Waals surface area contributed by atoms with Crippen molar-refractivity contribution in [3.05, 3.63) is 29.8 Å². The number of nitrogens with one attached hydrogen (secondary N) is 1. The maximum Gasteiger partial charge on any atom is 0.257 e. The molecule has 108 valence electrons. The summed E-state index contributed by atoms with van der Waals surface area (Å²) in [6.07, 6.45) is 4.44. The van der Waals surface area contributed by atoms with Gasteiger partial charge in [-0.1, -0.05) is 12.2 Å². The van der Waals surface area contributed by atoms with Crippen molar-refractivity contribution in [2.75, 3.05) is 19.4 Å². The zero-order chi connectivity index (χ0) is 14.6. The Labute approximate surface area is 128 Å². The van der Waals surface area contributed by atoms with Crippen LogP contribution in [0.4, 0.5) is 0 Å². The number of hydrogen-bond acceptors (Lipinski definition) is 4. The molecule has 6 heteroatoms. The summed E-state index contributed by atoms with van der Waals surface area (Å²) in [4.78, 5) is 12.0. The molecule has 1 aromatic rings. The van der Waals surface area contributed by atoms with Gasteiger partial charge < -0.3 is 15.8 Å². The van der Waals surface area contributed by atoms with Crippen molar-refractivity contribution in [2.24, 2.45) is 5.73 Å². The van der Waals surface area contributed by atoms with Crippen LogP contribution in [0.1, 0.15) is 18.4 Å². The first-order valence-corrected chi connectivity index (χ1v) is 8.02. The third-order valence-electron chi connectivity index (χ3n) is 3.36. The molecule has 0 spiro atoms. The summed E-state index contributed by atoms with van der Waals surface area (Å²) in [6, 6.07) is 7.07. The monoisotopic (exact) mass is 310 g/mol. The molecule has 0 aromatic heterocycles. The Balaban J connectivity index is 1.74. The lowest BCUT2D eigenvalue weighted by Crippen LogP contribution is -2.35. The van der Waals surface area contributed by atoms with Crippen molar-refractivity contribution in [3.63, 3.8) is 0 Å². The number of amides is 1. The summed E-state index contributed by atoms with van der Waals surface area (Å²) in [5, 5.41) is 2.91. The average molecular weight is 310 g/mol. The summed E-state index contributed by atoms with van der Waals surface area (Å²) < 4.78 is 5.69. The summed E-state index contributed by atoms with van der Waals surface area (Å²) in [6.45, 7) is 0.744. The van der Waals surface area contributed by atoms with Crippen LogP contribution in [-0.2, 0) is 4.79 Å². The molecular formula is C14H18N2O2S2. The van der Waals surface area contributed by atoms with Crippen LogP contribution < -0.4 is 15.8 Å². The number of nitrogens with two attached hydrogens (primary N) is 1. The summed E-state index contributed by atoms with van der Waals surface area (Å²) in [7, 11) is 0. The van der Waals surface area contributed by atoms with Gasteiger partial charge in [0.25, 0.3) is 5.91 Å². The number of carbonyl (C=O) groups excluding carboxylic acids is 1. The molecule has 1 aromatic carbocycles. The third kappa shape index (κ3) is 4.11. The van der Waals surface area contributed by atoms with Crippen LogP contribution in [0.2, 0.25) is 0 Å². The molecule has 1 aliphatic carbocycles. The van der Waals surface area contributed by atoms with E-state index in [1.165, 1.54) is 12.8 Å². The normalized spacial score (nSPS) is 15.4. The molecule has 0 heterocycles. The Bertz CT molecular complexity index is 498. The van der Waals surface area contributed by atoms with Gasteiger partial charge in [0.05, 0.1) is 0 Å². The van der Waals surface area contributed by atoms with Crippen LogP contribution in [0.15, 0.2) is 24.3 Å². The minimum absolute atomic E-state index is 0.0247. The van der Waals surface area contributed by atoms with Gasteiger partial charge in [-0.05, 0) is 43.4 Å². The molecular weight excluding hydrogens is 292 g/mol. The summed E-state index contributed by atoms with van der Waals surface area (Å²) >= 11 is 6.69. The Kier molecular flexibility index (Phi) is 4.88. The fourth-order valence-electron chi connectivity index (χ4n) is 1.77. The predicted octanol–water partition coefficient (Wildman–Crippen LogP) is 1.71. The molecule has 0 saturated heterocycles. The largest absolute Gasteiger partial charge is 0.484 e. The number of thiocarbonyl (C=S) groups is 1. The van der Waals surface area contributed by atoms with Crippen LogP contribution in [-0.4, -0.2) is 35.1 Å². The fourth-order valence-corrected chi connectivity index (χ4v) is 2.63. The van der Waals surface area contributed by atoms with Crippen LogP contribution in [0.25, 0.3) is 0 Å². The third-order valence-corrected chi connectivity index (χ3v) is 5.01. The Morgan fingerprint density at radius 2 is 2.10 bits per heavy atom. The van der Waals surface area contributed by atoms with Crippen LogP contribution in [0.3, 0.4) is 0 Å². The molecule has 1 saturated carbocycles. The van der Waals surface area contributed by atoms with Gasteiger partial charge in [0, 0.05) is 16.9 Å². The van der Waals surface area contributed by atoms with E-state index in [2.05, 4.69) is 11.6 Å². The van der Waals surface area contributed by atoms with E-state index in [1.807, 2.05) is 11.8 Å². The van der Waals surface area contributed by atoms with E-state index in [0.717, 1.165) is 12.1 Å². The molecule has 0 bridgehead atoms. The lowest BCUT2D eigenvalue weighted by molar-refractivity contribution is -0.123. The summed E-state index contributed by atoms with van der Waals surface area (Å²) in [5.41, 5.74) is 6.29. The van der Waals surface area contributed by atoms with Crippen molar-refractivity contribution in [3.8, 4) is 5.75 Å². The van der Waals surface area contributed by atoms with Gasteiger partial charge >= 0.3 is 0 Å². The molecule has 1 fully saturated rings. The first-order valence-electron chi connectivity index (χ1n) is 6.39. The Hall–Kier alpha value is -1.27. The van der Waals surface area contributed by atoms with E-state index in [1.54, 1.807) is 24.3 Å². The van der Waals surface area contributed by atoms with E-state index >= 15 is 0 Å². The van der Waals surface area contributed by atoms with Crippen molar-refractivity contribution >= 4 is 34.9 Å². The second-order valence-electron chi connectivity index (χ2n) is 4.84. The number of thioether (sulfide) groups is 1. The van der Waals surface area contributed by atoms with E-state index in [0.29, 0.717) is 10.7 Å². The lowest BCUT2D eigenvalue weighted by Gasteiger charge is -2.13. The maximum atomic E-state index is 11.7. The molecule has 2 rings (SSSR count). The SMILES string of the molecule is CSC1(CNC(=O)COc2ccc(C(N)=S)cc2)CC1. The number of ether oxygens (including phenoxy) is 1. The fraction of sp³-hybridized carbons (Fsp3) is 0.429.